The maximum Gasteiger partial charge on any atom is 0.330 e. The van der Waals surface area contributed by atoms with Crippen molar-refractivity contribution in [1.29, 1.82) is 5.26 Å². The zero-order chi connectivity index (χ0) is 13.8. The van der Waals surface area contributed by atoms with E-state index in [1.165, 1.54) is 0 Å². The molecule has 0 saturated carbocycles. The van der Waals surface area contributed by atoms with Gasteiger partial charge in [-0.15, -0.1) is 5.06 Å². The summed E-state index contributed by atoms with van der Waals surface area (Å²) in [7, 11) is 0. The van der Waals surface area contributed by atoms with Crippen LogP contribution >= 0.6 is 0 Å². The van der Waals surface area contributed by atoms with Crippen LogP contribution in [0.25, 0.3) is 0 Å². The number of nitrogens with zero attached hydrogens (tertiary/aromatic N) is 2. The molecule has 1 rings (SSSR count). The number of hydrogen-bond donors (Lipinski definition) is 0. The Morgan fingerprint density at radius 3 is 2.39 bits per heavy atom. The Morgan fingerprint density at radius 1 is 1.44 bits per heavy atom. The third-order valence-corrected chi connectivity index (χ3v) is 3.13. The third-order valence-electron chi connectivity index (χ3n) is 3.13. The van der Waals surface area contributed by atoms with Crippen LogP contribution in [0.15, 0.2) is 0 Å². The van der Waals surface area contributed by atoms with Crippen LogP contribution in [0.1, 0.15) is 33.6 Å². The molecule has 0 radical (unpaired) electrons. The minimum Gasteiger partial charge on any atom is -0.367 e. The Balaban J connectivity index is 2.43. The van der Waals surface area contributed by atoms with Gasteiger partial charge in [-0.2, -0.15) is 5.26 Å². The molecule has 1 aliphatic rings. The van der Waals surface area contributed by atoms with E-state index >= 15 is 0 Å². The summed E-state index contributed by atoms with van der Waals surface area (Å²) in [4.78, 5) is 27.7. The fourth-order valence-electron chi connectivity index (χ4n) is 1.83. The molecule has 0 spiro atoms. The van der Waals surface area contributed by atoms with E-state index in [2.05, 4.69) is 0 Å². The lowest BCUT2D eigenvalue weighted by atomic mass is 9.86. The van der Waals surface area contributed by atoms with Crippen LogP contribution in [0.5, 0.6) is 0 Å². The number of carbonyl (C=O) groups excluding carboxylic acids is 2. The number of aldehydes is 1. The molecule has 0 aromatic heterocycles. The van der Waals surface area contributed by atoms with Crippen molar-refractivity contribution in [2.24, 2.45) is 17.3 Å². The van der Waals surface area contributed by atoms with E-state index in [1.54, 1.807) is 25.8 Å². The molecule has 0 N–H and O–H groups in total. The molecule has 1 saturated heterocycles. The molecule has 1 aliphatic heterocycles. The van der Waals surface area contributed by atoms with Gasteiger partial charge in [0.25, 0.3) is 0 Å². The van der Waals surface area contributed by atoms with Crippen molar-refractivity contribution in [3.8, 4) is 6.07 Å². The average molecular weight is 252 g/mol. The van der Waals surface area contributed by atoms with E-state index in [9.17, 15) is 9.59 Å². The van der Waals surface area contributed by atoms with Gasteiger partial charge in [-0.1, -0.05) is 0 Å². The molecule has 1 fully saturated rings. The monoisotopic (exact) mass is 252 g/mol. The van der Waals surface area contributed by atoms with Gasteiger partial charge in [0.2, 0.25) is 0 Å². The molecule has 1 unspecified atom stereocenters. The van der Waals surface area contributed by atoms with E-state index in [4.69, 9.17) is 10.1 Å². The zero-order valence-corrected chi connectivity index (χ0v) is 11.2. The normalized spacial score (nSPS) is 19.9. The van der Waals surface area contributed by atoms with E-state index in [0.29, 0.717) is 32.2 Å². The van der Waals surface area contributed by atoms with Crippen LogP contribution in [-0.4, -0.2) is 30.4 Å². The highest BCUT2D eigenvalue weighted by Crippen LogP contribution is 2.25. The van der Waals surface area contributed by atoms with E-state index < -0.39 is 11.3 Å². The average Bonchev–Trinajstić information content (AvgIpc) is 2.31. The molecule has 0 bridgehead atoms. The second-order valence-electron chi connectivity index (χ2n) is 5.69. The van der Waals surface area contributed by atoms with Crippen LogP contribution in [0, 0.1) is 28.6 Å². The fraction of sp³-hybridized carbons (Fsp3) is 0.769. The number of rotatable bonds is 3. The maximum atomic E-state index is 11.7. The summed E-state index contributed by atoms with van der Waals surface area (Å²) in [5.74, 6) is -0.712. The first-order chi connectivity index (χ1) is 8.38. The molecular formula is C13H20N2O3. The number of hydroxylamine groups is 2. The Hall–Kier alpha value is -1.41. The van der Waals surface area contributed by atoms with Gasteiger partial charge in [-0.3, -0.25) is 0 Å². The molecule has 0 aromatic rings. The van der Waals surface area contributed by atoms with Crippen molar-refractivity contribution in [2.45, 2.75) is 33.6 Å². The Labute approximate surface area is 108 Å². The summed E-state index contributed by atoms with van der Waals surface area (Å²) in [5.41, 5.74) is -0.519. The summed E-state index contributed by atoms with van der Waals surface area (Å²) < 4.78 is 0. The molecule has 0 amide bonds. The molecule has 1 heterocycles. The summed E-state index contributed by atoms with van der Waals surface area (Å²) in [6.07, 6.45) is 2.12. The van der Waals surface area contributed by atoms with Gasteiger partial charge in [0.1, 0.15) is 12.2 Å². The molecule has 1 atom stereocenters. The fourth-order valence-corrected chi connectivity index (χ4v) is 1.83. The minimum atomic E-state index is -0.537. The van der Waals surface area contributed by atoms with Crippen LogP contribution in [0.2, 0.25) is 0 Å². The minimum absolute atomic E-state index is 0.0806. The maximum absolute atomic E-state index is 11.7. The summed E-state index contributed by atoms with van der Waals surface area (Å²) in [6.45, 7) is 6.58. The third kappa shape index (κ3) is 3.81. The Kier molecular flexibility index (Phi) is 4.85. The lowest BCUT2D eigenvalue weighted by Crippen LogP contribution is -2.40. The molecule has 18 heavy (non-hydrogen) atoms. The van der Waals surface area contributed by atoms with Gasteiger partial charge in [0.15, 0.2) is 0 Å². The molecular weight excluding hydrogens is 232 g/mol. The summed E-state index contributed by atoms with van der Waals surface area (Å²) >= 11 is 0. The SMILES string of the molecule is CC(C)(C)C(=O)ON1CCC(C(C#N)C=O)CC1. The highest BCUT2D eigenvalue weighted by atomic mass is 16.7. The van der Waals surface area contributed by atoms with Gasteiger partial charge < -0.3 is 9.63 Å². The quantitative estimate of drug-likeness (QED) is 0.712. The molecule has 5 nitrogen and oxygen atoms in total. The lowest BCUT2D eigenvalue weighted by Gasteiger charge is -2.32. The van der Waals surface area contributed by atoms with Crippen LogP contribution in [0.4, 0.5) is 0 Å². The topological polar surface area (TPSA) is 70.4 Å². The number of hydrogen-bond acceptors (Lipinski definition) is 5. The van der Waals surface area contributed by atoms with Gasteiger partial charge in [-0.05, 0) is 39.5 Å². The van der Waals surface area contributed by atoms with Gasteiger partial charge in [0.05, 0.1) is 11.5 Å². The first kappa shape index (κ1) is 14.7. The van der Waals surface area contributed by atoms with Crippen molar-refractivity contribution < 1.29 is 14.4 Å². The smallest absolute Gasteiger partial charge is 0.330 e. The van der Waals surface area contributed by atoms with Crippen molar-refractivity contribution in [3.63, 3.8) is 0 Å². The van der Waals surface area contributed by atoms with E-state index in [1.807, 2.05) is 6.07 Å². The number of piperidine rings is 1. The number of carbonyl (C=O) groups is 2. The standard InChI is InChI=1S/C13H20N2O3/c1-13(2,3)12(17)18-15-6-4-10(5-7-15)11(8-14)9-16/h9-11H,4-7H2,1-3H3. The van der Waals surface area contributed by atoms with Crippen molar-refractivity contribution >= 4 is 12.3 Å². The van der Waals surface area contributed by atoms with Gasteiger partial charge in [-0.25, -0.2) is 4.79 Å². The molecule has 0 aromatic carbocycles. The molecule has 100 valence electrons. The van der Waals surface area contributed by atoms with Gasteiger partial charge >= 0.3 is 5.97 Å². The zero-order valence-electron chi connectivity index (χ0n) is 11.2. The number of nitriles is 1. The van der Waals surface area contributed by atoms with Crippen molar-refractivity contribution in [1.82, 2.24) is 5.06 Å². The largest absolute Gasteiger partial charge is 0.367 e. The first-order valence-electron chi connectivity index (χ1n) is 6.20. The second-order valence-corrected chi connectivity index (χ2v) is 5.69. The predicted molar refractivity (Wildman–Crippen MR) is 65.0 cm³/mol. The van der Waals surface area contributed by atoms with E-state index in [0.717, 1.165) is 0 Å². The highest BCUT2D eigenvalue weighted by Gasteiger charge is 2.30. The summed E-state index contributed by atoms with van der Waals surface area (Å²) in [5, 5.41) is 10.4. The predicted octanol–water partition coefficient (Wildman–Crippen LogP) is 1.54. The molecule has 0 aliphatic carbocycles. The Morgan fingerprint density at radius 2 is 2.00 bits per heavy atom. The van der Waals surface area contributed by atoms with Crippen molar-refractivity contribution in [3.05, 3.63) is 0 Å². The highest BCUT2D eigenvalue weighted by molar-refractivity contribution is 5.75. The van der Waals surface area contributed by atoms with Gasteiger partial charge in [0, 0.05) is 13.1 Å². The lowest BCUT2D eigenvalue weighted by molar-refractivity contribution is -0.206. The first-order valence-corrected chi connectivity index (χ1v) is 6.20. The van der Waals surface area contributed by atoms with Crippen LogP contribution < -0.4 is 0 Å². The molecule has 5 heteroatoms. The Bertz CT molecular complexity index is 346. The van der Waals surface area contributed by atoms with E-state index in [-0.39, 0.29) is 11.9 Å². The van der Waals surface area contributed by atoms with Crippen molar-refractivity contribution in [2.75, 3.05) is 13.1 Å². The van der Waals surface area contributed by atoms with Crippen LogP contribution in [0.3, 0.4) is 0 Å². The second kappa shape index (κ2) is 5.96. The summed E-state index contributed by atoms with van der Waals surface area (Å²) in [6, 6.07) is 2.01. The van der Waals surface area contributed by atoms with Crippen LogP contribution in [-0.2, 0) is 14.4 Å².